The van der Waals surface area contributed by atoms with Gasteiger partial charge >= 0.3 is 0 Å². The van der Waals surface area contributed by atoms with Crippen LogP contribution < -0.4 is 15.5 Å². The molecule has 6 heteroatoms. The Balaban J connectivity index is 2.77. The van der Waals surface area contributed by atoms with E-state index in [1.807, 2.05) is 13.8 Å². The van der Waals surface area contributed by atoms with E-state index in [0.717, 1.165) is 6.42 Å². The van der Waals surface area contributed by atoms with Crippen LogP contribution >= 0.6 is 0 Å². The molecule has 0 aromatic heterocycles. The Hall–Kier alpha value is -2.37. The molecule has 0 aliphatic carbocycles. The van der Waals surface area contributed by atoms with Crippen molar-refractivity contribution in [3.63, 3.8) is 0 Å². The van der Waals surface area contributed by atoms with Gasteiger partial charge in [-0.25, -0.2) is 0 Å². The molecule has 0 fully saturated rings. The fraction of sp³-hybridized carbons (Fsp3) is 0.471. The predicted molar refractivity (Wildman–Crippen MR) is 91.3 cm³/mol. The highest BCUT2D eigenvalue weighted by Gasteiger charge is 2.14. The van der Waals surface area contributed by atoms with Crippen LogP contribution in [0.1, 0.15) is 40.5 Å². The summed E-state index contributed by atoms with van der Waals surface area (Å²) in [5, 5.41) is 5.56. The zero-order valence-corrected chi connectivity index (χ0v) is 14.2. The van der Waals surface area contributed by atoms with Gasteiger partial charge in [0.15, 0.2) is 0 Å². The molecule has 2 N–H and O–H groups in total. The smallest absolute Gasteiger partial charge is 0.223 e. The van der Waals surface area contributed by atoms with Gasteiger partial charge in [-0.3, -0.25) is 14.4 Å². The van der Waals surface area contributed by atoms with Crippen LogP contribution in [0.4, 0.5) is 11.4 Å². The number of carbonyl (C=O) groups excluding carboxylic acids is 3. The van der Waals surface area contributed by atoms with E-state index < -0.39 is 0 Å². The number of nitrogens with one attached hydrogen (secondary N) is 2. The third kappa shape index (κ3) is 6.50. The van der Waals surface area contributed by atoms with Crippen LogP contribution in [0.15, 0.2) is 24.3 Å². The summed E-state index contributed by atoms with van der Waals surface area (Å²) >= 11 is 0. The molecule has 126 valence electrons. The zero-order valence-electron chi connectivity index (χ0n) is 14.2. The Morgan fingerprint density at radius 2 is 1.91 bits per heavy atom. The first-order valence-corrected chi connectivity index (χ1v) is 7.78. The molecule has 0 saturated heterocycles. The first kappa shape index (κ1) is 18.7. The zero-order chi connectivity index (χ0) is 17.4. The van der Waals surface area contributed by atoms with Crippen molar-refractivity contribution in [1.29, 1.82) is 0 Å². The Kier molecular flexibility index (Phi) is 7.25. The molecular weight excluding hydrogens is 294 g/mol. The van der Waals surface area contributed by atoms with E-state index in [2.05, 4.69) is 10.6 Å². The molecule has 0 heterocycles. The van der Waals surface area contributed by atoms with E-state index in [9.17, 15) is 14.4 Å². The maximum absolute atomic E-state index is 11.9. The van der Waals surface area contributed by atoms with Crippen molar-refractivity contribution in [1.82, 2.24) is 5.32 Å². The molecule has 0 spiro atoms. The minimum Gasteiger partial charge on any atom is -0.354 e. The SMILES string of the molecule is CCC(C)NC(=O)CCN(C(C)=O)c1cccc(NC(C)=O)c1. The predicted octanol–water partition coefficient (Wildman–Crippen LogP) is 2.30. The molecule has 0 aliphatic rings. The van der Waals surface area contributed by atoms with Crippen molar-refractivity contribution in [2.75, 3.05) is 16.8 Å². The van der Waals surface area contributed by atoms with Crippen LogP contribution in [0.2, 0.25) is 0 Å². The normalized spacial score (nSPS) is 11.5. The molecule has 1 aromatic carbocycles. The lowest BCUT2D eigenvalue weighted by Crippen LogP contribution is -2.36. The van der Waals surface area contributed by atoms with E-state index >= 15 is 0 Å². The second-order valence-electron chi connectivity index (χ2n) is 5.53. The van der Waals surface area contributed by atoms with Crippen molar-refractivity contribution >= 4 is 29.1 Å². The van der Waals surface area contributed by atoms with Crippen molar-refractivity contribution in [2.45, 2.75) is 46.6 Å². The molecular formula is C17H25N3O3. The van der Waals surface area contributed by atoms with E-state index in [1.165, 1.54) is 18.7 Å². The molecule has 23 heavy (non-hydrogen) atoms. The van der Waals surface area contributed by atoms with E-state index in [-0.39, 0.29) is 30.2 Å². The Morgan fingerprint density at radius 3 is 2.48 bits per heavy atom. The summed E-state index contributed by atoms with van der Waals surface area (Å²) in [4.78, 5) is 36.4. The Bertz CT molecular complexity index is 572. The molecule has 6 nitrogen and oxygen atoms in total. The van der Waals surface area contributed by atoms with E-state index in [0.29, 0.717) is 17.9 Å². The average Bonchev–Trinajstić information content (AvgIpc) is 2.46. The quantitative estimate of drug-likeness (QED) is 0.809. The molecule has 1 rings (SSSR count). The summed E-state index contributed by atoms with van der Waals surface area (Å²) in [6.07, 6.45) is 1.09. The van der Waals surface area contributed by atoms with Crippen molar-refractivity contribution < 1.29 is 14.4 Å². The van der Waals surface area contributed by atoms with Gasteiger partial charge < -0.3 is 15.5 Å². The summed E-state index contributed by atoms with van der Waals surface area (Å²) in [5.74, 6) is -0.408. The van der Waals surface area contributed by atoms with Gasteiger partial charge in [-0.2, -0.15) is 0 Å². The lowest BCUT2D eigenvalue weighted by atomic mass is 10.2. The minimum atomic E-state index is -0.176. The summed E-state index contributed by atoms with van der Waals surface area (Å²) in [5.41, 5.74) is 1.27. The summed E-state index contributed by atoms with van der Waals surface area (Å²) in [6.45, 7) is 7.12. The summed E-state index contributed by atoms with van der Waals surface area (Å²) in [7, 11) is 0. The fourth-order valence-electron chi connectivity index (χ4n) is 2.09. The van der Waals surface area contributed by atoms with Gasteiger partial charge in [-0.15, -0.1) is 0 Å². The third-order valence-corrected chi connectivity index (χ3v) is 3.44. The maximum atomic E-state index is 11.9. The van der Waals surface area contributed by atoms with Crippen LogP contribution in [0.5, 0.6) is 0 Å². The molecule has 1 unspecified atom stereocenters. The number of hydrogen-bond acceptors (Lipinski definition) is 3. The van der Waals surface area contributed by atoms with Gasteiger partial charge in [0.25, 0.3) is 0 Å². The fourth-order valence-corrected chi connectivity index (χ4v) is 2.09. The number of hydrogen-bond donors (Lipinski definition) is 2. The van der Waals surface area contributed by atoms with Crippen LogP contribution in [0.3, 0.4) is 0 Å². The molecule has 1 aromatic rings. The number of anilines is 2. The molecule has 1 atom stereocenters. The van der Waals surface area contributed by atoms with Gasteiger partial charge in [0.05, 0.1) is 0 Å². The van der Waals surface area contributed by atoms with Crippen LogP contribution in [0, 0.1) is 0 Å². The number of amides is 3. The van der Waals surface area contributed by atoms with E-state index in [1.54, 1.807) is 24.3 Å². The van der Waals surface area contributed by atoms with Gasteiger partial charge in [0.2, 0.25) is 17.7 Å². The standard InChI is InChI=1S/C17H25N3O3/c1-5-12(2)18-17(23)9-10-20(14(4)22)16-8-6-7-15(11-16)19-13(3)21/h6-8,11-12H,5,9-10H2,1-4H3,(H,18,23)(H,19,21). The van der Waals surface area contributed by atoms with Gasteiger partial charge in [-0.05, 0) is 31.5 Å². The van der Waals surface area contributed by atoms with Crippen LogP contribution in [0.25, 0.3) is 0 Å². The highest BCUT2D eigenvalue weighted by molar-refractivity contribution is 5.94. The number of benzene rings is 1. The number of rotatable bonds is 7. The second-order valence-corrected chi connectivity index (χ2v) is 5.53. The topological polar surface area (TPSA) is 78.5 Å². The highest BCUT2D eigenvalue weighted by Crippen LogP contribution is 2.20. The average molecular weight is 319 g/mol. The van der Waals surface area contributed by atoms with Gasteiger partial charge in [0, 0.05) is 44.2 Å². The molecule has 3 amide bonds. The van der Waals surface area contributed by atoms with E-state index in [4.69, 9.17) is 0 Å². The van der Waals surface area contributed by atoms with Crippen molar-refractivity contribution in [2.24, 2.45) is 0 Å². The van der Waals surface area contributed by atoms with Crippen LogP contribution in [-0.2, 0) is 14.4 Å². The monoisotopic (exact) mass is 319 g/mol. The van der Waals surface area contributed by atoms with Crippen molar-refractivity contribution in [3.8, 4) is 0 Å². The maximum Gasteiger partial charge on any atom is 0.223 e. The molecule has 0 radical (unpaired) electrons. The Morgan fingerprint density at radius 1 is 1.22 bits per heavy atom. The van der Waals surface area contributed by atoms with Crippen LogP contribution in [-0.4, -0.2) is 30.3 Å². The third-order valence-electron chi connectivity index (χ3n) is 3.44. The largest absolute Gasteiger partial charge is 0.354 e. The highest BCUT2D eigenvalue weighted by atomic mass is 16.2. The molecule has 0 bridgehead atoms. The lowest BCUT2D eigenvalue weighted by molar-refractivity contribution is -0.121. The lowest BCUT2D eigenvalue weighted by Gasteiger charge is -2.22. The van der Waals surface area contributed by atoms with Gasteiger partial charge in [-0.1, -0.05) is 13.0 Å². The second kappa shape index (κ2) is 8.92. The number of carbonyl (C=O) groups is 3. The number of nitrogens with zero attached hydrogens (tertiary/aromatic N) is 1. The minimum absolute atomic E-state index is 0.0800. The molecule has 0 aliphatic heterocycles. The summed E-state index contributed by atoms with van der Waals surface area (Å²) < 4.78 is 0. The van der Waals surface area contributed by atoms with Gasteiger partial charge in [0.1, 0.15) is 0 Å². The Labute approximate surface area is 137 Å². The van der Waals surface area contributed by atoms with Crippen molar-refractivity contribution in [3.05, 3.63) is 24.3 Å². The summed E-state index contributed by atoms with van der Waals surface area (Å²) in [6, 6.07) is 7.12. The molecule has 0 saturated carbocycles. The first-order valence-electron chi connectivity index (χ1n) is 7.78. The first-order chi connectivity index (χ1) is 10.8.